The number of hydrogen-bond donors (Lipinski definition) is 1. The number of benzene rings is 1. The molecule has 3 rings (SSSR count). The van der Waals surface area contributed by atoms with Gasteiger partial charge in [-0.15, -0.1) is 0 Å². The molecule has 0 spiro atoms. The topological polar surface area (TPSA) is 34.0 Å². The molecule has 3 nitrogen and oxygen atoms in total. The van der Waals surface area contributed by atoms with E-state index in [0.717, 1.165) is 16.6 Å². The average Bonchev–Trinajstić information content (AvgIpc) is 2.56. The Bertz CT molecular complexity index is 559. The number of halogens is 1. The molecule has 0 radical (unpaired) electrons. The SMILES string of the molecule is O=C1Cn2c(cc3ccc(F)cc32)CN1. The molecule has 76 valence electrons. The van der Waals surface area contributed by atoms with Crippen molar-refractivity contribution in [1.82, 2.24) is 9.88 Å². The first-order valence-corrected chi connectivity index (χ1v) is 4.78. The molecule has 1 amide bonds. The van der Waals surface area contributed by atoms with E-state index in [0.29, 0.717) is 6.54 Å². The first-order valence-electron chi connectivity index (χ1n) is 4.78. The van der Waals surface area contributed by atoms with Gasteiger partial charge in [-0.25, -0.2) is 4.39 Å². The molecule has 0 atom stereocenters. The Balaban J connectivity index is 2.30. The second-order valence-corrected chi connectivity index (χ2v) is 3.70. The third kappa shape index (κ3) is 1.21. The molecule has 0 bridgehead atoms. The number of nitrogens with zero attached hydrogens (tertiary/aromatic N) is 1. The van der Waals surface area contributed by atoms with Crippen LogP contribution in [0.3, 0.4) is 0 Å². The van der Waals surface area contributed by atoms with Crippen molar-refractivity contribution in [3.63, 3.8) is 0 Å². The lowest BCUT2D eigenvalue weighted by Crippen LogP contribution is -2.33. The van der Waals surface area contributed by atoms with Crippen LogP contribution in [0.25, 0.3) is 10.9 Å². The van der Waals surface area contributed by atoms with Crippen LogP contribution < -0.4 is 5.32 Å². The lowest BCUT2D eigenvalue weighted by atomic mass is 10.2. The third-order valence-corrected chi connectivity index (χ3v) is 2.72. The Hall–Kier alpha value is -1.84. The van der Waals surface area contributed by atoms with Crippen LogP contribution in [-0.2, 0) is 17.9 Å². The zero-order chi connectivity index (χ0) is 10.4. The first-order chi connectivity index (χ1) is 7.24. The highest BCUT2D eigenvalue weighted by Crippen LogP contribution is 2.22. The van der Waals surface area contributed by atoms with Gasteiger partial charge in [0.2, 0.25) is 5.91 Å². The molecule has 0 aliphatic carbocycles. The van der Waals surface area contributed by atoms with Crippen molar-refractivity contribution >= 4 is 16.8 Å². The number of rotatable bonds is 0. The van der Waals surface area contributed by atoms with Gasteiger partial charge in [-0.2, -0.15) is 0 Å². The highest BCUT2D eigenvalue weighted by molar-refractivity contribution is 5.85. The summed E-state index contributed by atoms with van der Waals surface area (Å²) in [7, 11) is 0. The van der Waals surface area contributed by atoms with E-state index in [2.05, 4.69) is 5.32 Å². The molecule has 0 saturated carbocycles. The van der Waals surface area contributed by atoms with Crippen molar-refractivity contribution in [3.8, 4) is 0 Å². The van der Waals surface area contributed by atoms with Gasteiger partial charge >= 0.3 is 0 Å². The number of hydrogen-bond acceptors (Lipinski definition) is 1. The molecule has 4 heteroatoms. The van der Waals surface area contributed by atoms with E-state index in [1.807, 2.05) is 10.6 Å². The average molecular weight is 204 g/mol. The molecule has 2 aromatic rings. The largest absolute Gasteiger partial charge is 0.349 e. The molecule has 1 N–H and O–H groups in total. The fourth-order valence-corrected chi connectivity index (χ4v) is 2.01. The summed E-state index contributed by atoms with van der Waals surface area (Å²) in [5.41, 5.74) is 1.81. The van der Waals surface area contributed by atoms with E-state index in [4.69, 9.17) is 0 Å². The van der Waals surface area contributed by atoms with Gasteiger partial charge in [-0.3, -0.25) is 4.79 Å². The van der Waals surface area contributed by atoms with E-state index in [1.165, 1.54) is 12.1 Å². The third-order valence-electron chi connectivity index (χ3n) is 2.72. The summed E-state index contributed by atoms with van der Waals surface area (Å²) >= 11 is 0. The lowest BCUT2D eigenvalue weighted by molar-refractivity contribution is -0.122. The van der Waals surface area contributed by atoms with Crippen molar-refractivity contribution in [2.24, 2.45) is 0 Å². The summed E-state index contributed by atoms with van der Waals surface area (Å²) in [6.45, 7) is 0.803. The monoisotopic (exact) mass is 204 g/mol. The lowest BCUT2D eigenvalue weighted by Gasteiger charge is -2.16. The van der Waals surface area contributed by atoms with Gasteiger partial charge in [0, 0.05) is 11.1 Å². The van der Waals surface area contributed by atoms with Crippen LogP contribution in [0.5, 0.6) is 0 Å². The molecule has 2 heterocycles. The zero-order valence-electron chi connectivity index (χ0n) is 7.96. The van der Waals surface area contributed by atoms with Gasteiger partial charge in [-0.05, 0) is 24.3 Å². The second kappa shape index (κ2) is 2.82. The van der Waals surface area contributed by atoms with Crippen LogP contribution >= 0.6 is 0 Å². The van der Waals surface area contributed by atoms with E-state index >= 15 is 0 Å². The minimum atomic E-state index is -0.269. The van der Waals surface area contributed by atoms with Crippen molar-refractivity contribution < 1.29 is 9.18 Å². The van der Waals surface area contributed by atoms with Gasteiger partial charge in [0.1, 0.15) is 12.4 Å². The number of aromatic nitrogens is 1. The quantitative estimate of drug-likeness (QED) is 0.691. The van der Waals surface area contributed by atoms with Crippen molar-refractivity contribution in [1.29, 1.82) is 0 Å². The van der Waals surface area contributed by atoms with Gasteiger partial charge in [0.05, 0.1) is 12.1 Å². The minimum absolute atomic E-state index is 0.0238. The first kappa shape index (κ1) is 8.47. The Morgan fingerprint density at radius 2 is 2.20 bits per heavy atom. The van der Waals surface area contributed by atoms with E-state index in [9.17, 15) is 9.18 Å². The fourth-order valence-electron chi connectivity index (χ4n) is 2.01. The van der Waals surface area contributed by atoms with Gasteiger partial charge in [0.25, 0.3) is 0 Å². The Morgan fingerprint density at radius 3 is 3.07 bits per heavy atom. The summed E-state index contributed by atoms with van der Waals surface area (Å²) in [5, 5.41) is 3.74. The molecule has 0 unspecified atom stereocenters. The summed E-state index contributed by atoms with van der Waals surface area (Å²) in [6.07, 6.45) is 0. The van der Waals surface area contributed by atoms with Crippen molar-refractivity contribution in [2.75, 3.05) is 0 Å². The van der Waals surface area contributed by atoms with Crippen LogP contribution in [0.1, 0.15) is 5.69 Å². The number of amides is 1. The number of nitrogens with one attached hydrogen (secondary N) is 1. The van der Waals surface area contributed by atoms with E-state index in [1.54, 1.807) is 6.07 Å². The summed E-state index contributed by atoms with van der Waals surface area (Å²) in [5.74, 6) is -0.293. The molecular weight excluding hydrogens is 195 g/mol. The number of carbonyl (C=O) groups excluding carboxylic acids is 1. The fraction of sp³-hybridized carbons (Fsp3) is 0.182. The number of fused-ring (bicyclic) bond motifs is 3. The van der Waals surface area contributed by atoms with E-state index < -0.39 is 0 Å². The zero-order valence-corrected chi connectivity index (χ0v) is 7.96. The molecule has 15 heavy (non-hydrogen) atoms. The highest BCUT2D eigenvalue weighted by atomic mass is 19.1. The Labute approximate surface area is 85.5 Å². The predicted octanol–water partition coefficient (Wildman–Crippen LogP) is 1.41. The standard InChI is InChI=1S/C11H9FN2O/c12-8-2-1-7-3-9-5-13-11(15)6-14(9)10(7)4-8/h1-4H,5-6H2,(H,13,15). The Morgan fingerprint density at radius 1 is 1.33 bits per heavy atom. The maximum Gasteiger partial charge on any atom is 0.240 e. The molecule has 0 fully saturated rings. The second-order valence-electron chi connectivity index (χ2n) is 3.70. The molecule has 0 saturated heterocycles. The van der Waals surface area contributed by atoms with E-state index in [-0.39, 0.29) is 18.3 Å². The summed E-state index contributed by atoms with van der Waals surface area (Å²) in [6, 6.07) is 6.62. The number of carbonyl (C=O) groups is 1. The highest BCUT2D eigenvalue weighted by Gasteiger charge is 2.17. The van der Waals surface area contributed by atoms with Crippen molar-refractivity contribution in [3.05, 3.63) is 35.8 Å². The van der Waals surface area contributed by atoms with Gasteiger partial charge in [-0.1, -0.05) is 0 Å². The summed E-state index contributed by atoms with van der Waals surface area (Å²) in [4.78, 5) is 11.2. The smallest absolute Gasteiger partial charge is 0.240 e. The summed E-state index contributed by atoms with van der Waals surface area (Å²) < 4.78 is 14.9. The molecular formula is C11H9FN2O. The van der Waals surface area contributed by atoms with Gasteiger partial charge in [0.15, 0.2) is 0 Å². The van der Waals surface area contributed by atoms with Crippen LogP contribution in [0.4, 0.5) is 4.39 Å². The minimum Gasteiger partial charge on any atom is -0.349 e. The Kier molecular flexibility index (Phi) is 1.59. The molecule has 1 aliphatic rings. The van der Waals surface area contributed by atoms with Crippen LogP contribution in [0.2, 0.25) is 0 Å². The molecule has 1 aromatic carbocycles. The normalized spacial score (nSPS) is 15.1. The van der Waals surface area contributed by atoms with Gasteiger partial charge < -0.3 is 9.88 Å². The maximum atomic E-state index is 13.1. The maximum absolute atomic E-state index is 13.1. The molecule has 1 aromatic heterocycles. The predicted molar refractivity (Wildman–Crippen MR) is 53.7 cm³/mol. The van der Waals surface area contributed by atoms with Crippen LogP contribution in [0, 0.1) is 5.82 Å². The van der Waals surface area contributed by atoms with Crippen LogP contribution in [-0.4, -0.2) is 10.5 Å². The van der Waals surface area contributed by atoms with Crippen LogP contribution in [0.15, 0.2) is 24.3 Å². The molecule has 1 aliphatic heterocycles. The van der Waals surface area contributed by atoms with Crippen molar-refractivity contribution in [2.45, 2.75) is 13.1 Å².